The molecule has 1 aromatic heterocycles. The summed E-state index contributed by atoms with van der Waals surface area (Å²) in [5.74, 6) is 0.128. The van der Waals surface area contributed by atoms with Crippen LogP contribution in [0, 0.1) is 0 Å². The van der Waals surface area contributed by atoms with Crippen LogP contribution in [0.2, 0.25) is 0 Å². The fourth-order valence-corrected chi connectivity index (χ4v) is 2.41. The van der Waals surface area contributed by atoms with Gasteiger partial charge in [-0.15, -0.1) is 0 Å². The summed E-state index contributed by atoms with van der Waals surface area (Å²) >= 11 is 0. The Labute approximate surface area is 120 Å². The number of carbonyl (C=O) groups is 1. The lowest BCUT2D eigenvalue weighted by Gasteiger charge is -2.32. The van der Waals surface area contributed by atoms with E-state index in [0.29, 0.717) is 13.0 Å². The summed E-state index contributed by atoms with van der Waals surface area (Å²) in [7, 11) is 2.14. The summed E-state index contributed by atoms with van der Waals surface area (Å²) in [5.41, 5.74) is 0. The fourth-order valence-electron chi connectivity index (χ4n) is 2.41. The number of nitrogens with one attached hydrogen (secondary N) is 1. The van der Waals surface area contributed by atoms with Gasteiger partial charge in [-0.3, -0.25) is 9.48 Å². The first kappa shape index (κ1) is 15.0. The molecule has 6 nitrogen and oxygen atoms in total. The lowest BCUT2D eigenvalue weighted by molar-refractivity contribution is -0.122. The summed E-state index contributed by atoms with van der Waals surface area (Å²) in [6.45, 7) is 7.89. The molecule has 112 valence electrons. The van der Waals surface area contributed by atoms with Crippen LogP contribution in [0.25, 0.3) is 0 Å². The minimum absolute atomic E-state index is 0.106. The van der Waals surface area contributed by atoms with E-state index in [1.165, 1.54) is 0 Å². The van der Waals surface area contributed by atoms with Crippen molar-refractivity contribution in [3.05, 3.63) is 18.5 Å². The molecule has 1 aliphatic heterocycles. The van der Waals surface area contributed by atoms with Crippen LogP contribution in [0.4, 0.5) is 0 Å². The molecule has 1 fully saturated rings. The van der Waals surface area contributed by atoms with Crippen LogP contribution in [0.15, 0.2) is 18.5 Å². The molecule has 1 N–H and O–H groups in total. The highest BCUT2D eigenvalue weighted by molar-refractivity contribution is 5.76. The average molecular weight is 279 g/mol. The van der Waals surface area contributed by atoms with Crippen molar-refractivity contribution in [2.75, 3.05) is 39.8 Å². The van der Waals surface area contributed by atoms with Gasteiger partial charge in [0.1, 0.15) is 0 Å². The highest BCUT2D eigenvalue weighted by atomic mass is 16.1. The van der Waals surface area contributed by atoms with E-state index in [9.17, 15) is 4.79 Å². The Hall–Kier alpha value is -1.40. The zero-order valence-corrected chi connectivity index (χ0v) is 12.5. The van der Waals surface area contributed by atoms with Crippen molar-refractivity contribution < 1.29 is 4.79 Å². The Bertz CT molecular complexity index is 398. The number of likely N-dealkylation sites (N-methyl/N-ethyl adjacent to an activating group) is 1. The number of hydrogen-bond donors (Lipinski definition) is 1. The lowest BCUT2D eigenvalue weighted by atomic mass is 10.2. The van der Waals surface area contributed by atoms with Gasteiger partial charge in [0.2, 0.25) is 5.91 Å². The van der Waals surface area contributed by atoms with Gasteiger partial charge in [-0.2, -0.15) is 5.10 Å². The van der Waals surface area contributed by atoms with Gasteiger partial charge in [0.15, 0.2) is 0 Å². The molecule has 0 bridgehead atoms. The van der Waals surface area contributed by atoms with Crippen molar-refractivity contribution in [1.82, 2.24) is 24.9 Å². The Morgan fingerprint density at radius 1 is 1.35 bits per heavy atom. The number of nitrogens with zero attached hydrogens (tertiary/aromatic N) is 4. The summed E-state index contributed by atoms with van der Waals surface area (Å²) in [5, 5.41) is 7.17. The first-order chi connectivity index (χ1) is 9.63. The maximum absolute atomic E-state index is 11.9. The van der Waals surface area contributed by atoms with Crippen LogP contribution >= 0.6 is 0 Å². The van der Waals surface area contributed by atoms with Crippen LogP contribution in [-0.2, 0) is 11.3 Å². The van der Waals surface area contributed by atoms with Crippen LogP contribution < -0.4 is 5.32 Å². The molecule has 20 heavy (non-hydrogen) atoms. The third kappa shape index (κ3) is 4.94. The van der Waals surface area contributed by atoms with Crippen molar-refractivity contribution in [2.24, 2.45) is 0 Å². The van der Waals surface area contributed by atoms with Gasteiger partial charge in [-0.25, -0.2) is 0 Å². The van der Waals surface area contributed by atoms with Crippen LogP contribution in [0.3, 0.4) is 0 Å². The Morgan fingerprint density at radius 3 is 2.75 bits per heavy atom. The van der Waals surface area contributed by atoms with Gasteiger partial charge in [0.25, 0.3) is 0 Å². The standard InChI is InChI=1S/C14H25N5O/c1-13(12-19-6-3-5-15-19)16-14(20)4-7-18-10-8-17(2)9-11-18/h3,5-6,13H,4,7-12H2,1-2H3,(H,16,20). The smallest absolute Gasteiger partial charge is 0.221 e. The van der Waals surface area contributed by atoms with E-state index in [1.807, 2.05) is 23.9 Å². The zero-order valence-electron chi connectivity index (χ0n) is 12.5. The first-order valence-corrected chi connectivity index (χ1v) is 7.31. The van der Waals surface area contributed by atoms with E-state index < -0.39 is 0 Å². The molecule has 0 radical (unpaired) electrons. The first-order valence-electron chi connectivity index (χ1n) is 7.31. The second-order valence-corrected chi connectivity index (χ2v) is 5.59. The summed E-state index contributed by atoms with van der Waals surface area (Å²) in [6.07, 6.45) is 4.24. The maximum atomic E-state index is 11.9. The third-order valence-electron chi connectivity index (χ3n) is 3.68. The van der Waals surface area contributed by atoms with E-state index in [-0.39, 0.29) is 11.9 Å². The monoisotopic (exact) mass is 279 g/mol. The largest absolute Gasteiger partial charge is 0.352 e. The third-order valence-corrected chi connectivity index (χ3v) is 3.68. The van der Waals surface area contributed by atoms with E-state index in [2.05, 4.69) is 27.3 Å². The normalized spacial score (nSPS) is 18.9. The highest BCUT2D eigenvalue weighted by Crippen LogP contribution is 2.00. The molecule has 0 aliphatic carbocycles. The van der Waals surface area contributed by atoms with Crippen LogP contribution in [0.5, 0.6) is 0 Å². The van der Waals surface area contributed by atoms with E-state index in [4.69, 9.17) is 0 Å². The molecule has 1 aliphatic rings. The summed E-state index contributed by atoms with van der Waals surface area (Å²) < 4.78 is 1.84. The summed E-state index contributed by atoms with van der Waals surface area (Å²) in [4.78, 5) is 16.6. The summed E-state index contributed by atoms with van der Waals surface area (Å²) in [6, 6.07) is 2.00. The zero-order chi connectivity index (χ0) is 14.4. The van der Waals surface area contributed by atoms with Gasteiger partial charge in [-0.05, 0) is 20.0 Å². The predicted octanol–water partition coefficient (Wildman–Crippen LogP) is 0.0253. The highest BCUT2D eigenvalue weighted by Gasteiger charge is 2.15. The van der Waals surface area contributed by atoms with Crippen molar-refractivity contribution >= 4 is 5.91 Å². The van der Waals surface area contributed by atoms with Crippen molar-refractivity contribution in [3.8, 4) is 0 Å². The van der Waals surface area contributed by atoms with Gasteiger partial charge in [-0.1, -0.05) is 0 Å². The van der Waals surface area contributed by atoms with Gasteiger partial charge < -0.3 is 15.1 Å². The Kier molecular flexibility index (Phi) is 5.55. The SMILES string of the molecule is CC(Cn1cccn1)NC(=O)CCN1CCN(C)CC1. The molecule has 1 amide bonds. The topological polar surface area (TPSA) is 53.4 Å². The minimum atomic E-state index is 0.106. The molecule has 2 rings (SSSR count). The average Bonchev–Trinajstić information content (AvgIpc) is 2.90. The van der Waals surface area contributed by atoms with E-state index in [1.54, 1.807) is 6.20 Å². The lowest BCUT2D eigenvalue weighted by Crippen LogP contribution is -2.46. The second-order valence-electron chi connectivity index (χ2n) is 5.59. The molecule has 1 atom stereocenters. The molecule has 1 unspecified atom stereocenters. The number of amides is 1. The quantitative estimate of drug-likeness (QED) is 0.798. The number of hydrogen-bond acceptors (Lipinski definition) is 4. The Morgan fingerprint density at radius 2 is 2.10 bits per heavy atom. The van der Waals surface area contributed by atoms with Gasteiger partial charge in [0, 0.05) is 57.6 Å². The van der Waals surface area contributed by atoms with Crippen LogP contribution in [-0.4, -0.2) is 71.3 Å². The van der Waals surface area contributed by atoms with Crippen molar-refractivity contribution in [1.29, 1.82) is 0 Å². The molecular formula is C14H25N5O. The number of piperazine rings is 1. The molecule has 0 aromatic carbocycles. The van der Waals surface area contributed by atoms with Crippen LogP contribution in [0.1, 0.15) is 13.3 Å². The molecule has 0 saturated carbocycles. The van der Waals surface area contributed by atoms with Crippen molar-refractivity contribution in [3.63, 3.8) is 0 Å². The van der Waals surface area contributed by atoms with E-state index in [0.717, 1.165) is 32.7 Å². The fraction of sp³-hybridized carbons (Fsp3) is 0.714. The molecule has 0 spiro atoms. The number of carbonyl (C=O) groups excluding carboxylic acids is 1. The Balaban J connectivity index is 1.62. The number of rotatable bonds is 6. The second kappa shape index (κ2) is 7.40. The molecule has 1 saturated heterocycles. The minimum Gasteiger partial charge on any atom is -0.352 e. The molecule has 1 aromatic rings. The molecular weight excluding hydrogens is 254 g/mol. The van der Waals surface area contributed by atoms with Gasteiger partial charge in [0.05, 0.1) is 6.54 Å². The molecule has 6 heteroatoms. The van der Waals surface area contributed by atoms with E-state index >= 15 is 0 Å². The van der Waals surface area contributed by atoms with Crippen molar-refractivity contribution in [2.45, 2.75) is 25.9 Å². The number of aromatic nitrogens is 2. The molecule has 2 heterocycles. The van der Waals surface area contributed by atoms with Gasteiger partial charge >= 0.3 is 0 Å². The predicted molar refractivity (Wildman–Crippen MR) is 78.4 cm³/mol. The maximum Gasteiger partial charge on any atom is 0.221 e.